The molecule has 0 bridgehead atoms. The largest absolute Gasteiger partial charge is 0.484 e. The number of piperidine rings is 1. The summed E-state index contributed by atoms with van der Waals surface area (Å²) in [7, 11) is 0. The Morgan fingerprint density at radius 2 is 1.93 bits per heavy atom. The molecule has 1 amide bonds. The zero-order valence-electron chi connectivity index (χ0n) is 16.2. The molecule has 1 saturated heterocycles. The minimum atomic E-state index is 0.131. The molecule has 1 aromatic heterocycles. The minimum absolute atomic E-state index is 0.131. The van der Waals surface area contributed by atoms with E-state index in [2.05, 4.69) is 31.0 Å². The molecule has 0 saturated carbocycles. The summed E-state index contributed by atoms with van der Waals surface area (Å²) in [6.45, 7) is 6.57. The molecule has 146 valence electrons. The molecule has 7 heteroatoms. The van der Waals surface area contributed by atoms with Gasteiger partial charge in [0.15, 0.2) is 6.61 Å². The van der Waals surface area contributed by atoms with E-state index in [4.69, 9.17) is 9.15 Å². The summed E-state index contributed by atoms with van der Waals surface area (Å²) >= 11 is 1.29. The average Bonchev–Trinajstić information content (AvgIpc) is 3.13. The van der Waals surface area contributed by atoms with E-state index >= 15 is 0 Å². The van der Waals surface area contributed by atoms with Crippen molar-refractivity contribution in [2.45, 2.75) is 70.4 Å². The summed E-state index contributed by atoms with van der Waals surface area (Å²) in [6, 6.07) is 8.55. The fourth-order valence-electron chi connectivity index (χ4n) is 3.43. The molecule has 1 aliphatic heterocycles. The molecule has 2 unspecified atom stereocenters. The van der Waals surface area contributed by atoms with Gasteiger partial charge in [0.05, 0.1) is 5.75 Å². The smallest absolute Gasteiger partial charge is 0.277 e. The summed E-state index contributed by atoms with van der Waals surface area (Å²) in [6.07, 6.45) is 4.33. The number of hydrogen-bond acceptors (Lipinski definition) is 6. The molecule has 0 aliphatic carbocycles. The van der Waals surface area contributed by atoms with Gasteiger partial charge in [-0.1, -0.05) is 30.8 Å². The topological polar surface area (TPSA) is 68.5 Å². The summed E-state index contributed by atoms with van der Waals surface area (Å²) in [5, 5.41) is 8.41. The second-order valence-electron chi connectivity index (χ2n) is 6.97. The van der Waals surface area contributed by atoms with Gasteiger partial charge in [0.1, 0.15) is 5.75 Å². The molecule has 2 aromatic rings. The van der Waals surface area contributed by atoms with E-state index in [1.54, 1.807) is 0 Å². The second kappa shape index (κ2) is 9.26. The zero-order valence-corrected chi connectivity index (χ0v) is 17.0. The lowest BCUT2D eigenvalue weighted by Gasteiger charge is -2.39. The second-order valence-corrected chi connectivity index (χ2v) is 7.89. The van der Waals surface area contributed by atoms with Crippen molar-refractivity contribution in [1.29, 1.82) is 0 Å². The van der Waals surface area contributed by atoms with Gasteiger partial charge >= 0.3 is 0 Å². The molecule has 1 aliphatic rings. The molecule has 2 heterocycles. The van der Waals surface area contributed by atoms with Gasteiger partial charge in [0.2, 0.25) is 5.91 Å². The number of carbonyl (C=O) groups excluding carboxylic acids is 1. The monoisotopic (exact) mass is 389 g/mol. The van der Waals surface area contributed by atoms with Crippen molar-refractivity contribution in [3.05, 3.63) is 35.7 Å². The van der Waals surface area contributed by atoms with Crippen LogP contribution in [0.4, 0.5) is 0 Å². The first-order chi connectivity index (χ1) is 13.1. The van der Waals surface area contributed by atoms with Crippen LogP contribution in [0.1, 0.15) is 51.5 Å². The number of carbonyl (C=O) groups is 1. The Morgan fingerprint density at radius 1 is 1.22 bits per heavy atom. The lowest BCUT2D eigenvalue weighted by molar-refractivity contribution is -0.134. The Morgan fingerprint density at radius 3 is 2.59 bits per heavy atom. The first kappa shape index (κ1) is 19.7. The van der Waals surface area contributed by atoms with Crippen LogP contribution in [0.25, 0.3) is 0 Å². The number of amides is 1. The fourth-order valence-corrected chi connectivity index (χ4v) is 4.08. The summed E-state index contributed by atoms with van der Waals surface area (Å²) in [5.74, 6) is 1.62. The Bertz CT molecular complexity index is 737. The first-order valence-electron chi connectivity index (χ1n) is 9.55. The molecule has 2 atom stereocenters. The Balaban J connectivity index is 1.48. The van der Waals surface area contributed by atoms with Crippen LogP contribution < -0.4 is 4.74 Å². The van der Waals surface area contributed by atoms with Crippen LogP contribution in [0.3, 0.4) is 0 Å². The third-order valence-electron chi connectivity index (χ3n) is 4.94. The SMILES string of the molecule is CCc1ccc(OCc2nnc(SCC(=O)N3C(C)CCCC3C)o2)cc1. The molecule has 1 fully saturated rings. The third-order valence-corrected chi connectivity index (χ3v) is 5.75. The Labute approximate surface area is 164 Å². The van der Waals surface area contributed by atoms with Gasteiger partial charge in [-0.2, -0.15) is 0 Å². The number of rotatable bonds is 7. The van der Waals surface area contributed by atoms with Crippen LogP contribution >= 0.6 is 11.8 Å². The molecule has 6 nitrogen and oxygen atoms in total. The van der Waals surface area contributed by atoms with Gasteiger partial charge < -0.3 is 14.1 Å². The lowest BCUT2D eigenvalue weighted by atomic mass is 9.98. The van der Waals surface area contributed by atoms with Crippen molar-refractivity contribution in [2.75, 3.05) is 5.75 Å². The van der Waals surface area contributed by atoms with E-state index in [0.717, 1.165) is 25.0 Å². The summed E-state index contributed by atoms with van der Waals surface area (Å²) < 4.78 is 11.3. The van der Waals surface area contributed by atoms with E-state index in [1.165, 1.54) is 23.7 Å². The number of nitrogens with zero attached hydrogens (tertiary/aromatic N) is 3. The van der Waals surface area contributed by atoms with Gasteiger partial charge in [0.25, 0.3) is 11.1 Å². The molecular formula is C20H27N3O3S. The van der Waals surface area contributed by atoms with Gasteiger partial charge in [0, 0.05) is 12.1 Å². The van der Waals surface area contributed by atoms with Crippen molar-refractivity contribution >= 4 is 17.7 Å². The van der Waals surface area contributed by atoms with E-state index in [1.807, 2.05) is 29.2 Å². The van der Waals surface area contributed by atoms with E-state index in [9.17, 15) is 4.79 Å². The fraction of sp³-hybridized carbons (Fsp3) is 0.550. The number of aromatic nitrogens is 2. The average molecular weight is 390 g/mol. The number of benzene rings is 1. The molecule has 1 aromatic carbocycles. The highest BCUT2D eigenvalue weighted by molar-refractivity contribution is 7.99. The van der Waals surface area contributed by atoms with Gasteiger partial charge in [-0.15, -0.1) is 10.2 Å². The standard InChI is InChI=1S/C20H27N3O3S/c1-4-16-8-10-17(11-9-16)25-12-18-21-22-20(26-18)27-13-19(24)23-14(2)6-5-7-15(23)3/h8-11,14-15H,4-7,12-13H2,1-3H3. The molecule has 0 N–H and O–H groups in total. The molecule has 27 heavy (non-hydrogen) atoms. The summed E-state index contributed by atoms with van der Waals surface area (Å²) in [5.41, 5.74) is 1.26. The molecule has 0 spiro atoms. The van der Waals surface area contributed by atoms with Crippen molar-refractivity contribution in [3.8, 4) is 5.75 Å². The maximum Gasteiger partial charge on any atom is 0.277 e. The minimum Gasteiger partial charge on any atom is -0.484 e. The predicted molar refractivity (Wildman–Crippen MR) is 105 cm³/mol. The number of thioether (sulfide) groups is 1. The number of hydrogen-bond donors (Lipinski definition) is 0. The first-order valence-corrected chi connectivity index (χ1v) is 10.5. The highest BCUT2D eigenvalue weighted by atomic mass is 32.2. The maximum atomic E-state index is 12.6. The molecular weight excluding hydrogens is 362 g/mol. The number of aryl methyl sites for hydroxylation is 1. The highest BCUT2D eigenvalue weighted by Crippen LogP contribution is 2.25. The quantitative estimate of drug-likeness (QED) is 0.664. The van der Waals surface area contributed by atoms with E-state index in [0.29, 0.717) is 29.0 Å². The van der Waals surface area contributed by atoms with Crippen LogP contribution in [-0.4, -0.2) is 38.8 Å². The lowest BCUT2D eigenvalue weighted by Crippen LogP contribution is -2.48. The molecule has 3 rings (SSSR count). The normalized spacial score (nSPS) is 19.9. The summed E-state index contributed by atoms with van der Waals surface area (Å²) in [4.78, 5) is 14.5. The van der Waals surface area contributed by atoms with Crippen molar-refractivity contribution in [3.63, 3.8) is 0 Å². The maximum absolute atomic E-state index is 12.6. The number of likely N-dealkylation sites (tertiary alicyclic amines) is 1. The Kier molecular flexibility index (Phi) is 6.77. The Hall–Kier alpha value is -2.02. The van der Waals surface area contributed by atoms with Crippen LogP contribution in [0, 0.1) is 0 Å². The van der Waals surface area contributed by atoms with Crippen molar-refractivity contribution in [1.82, 2.24) is 15.1 Å². The highest BCUT2D eigenvalue weighted by Gasteiger charge is 2.29. The van der Waals surface area contributed by atoms with Crippen molar-refractivity contribution in [2.24, 2.45) is 0 Å². The zero-order chi connectivity index (χ0) is 19.2. The van der Waals surface area contributed by atoms with Crippen LogP contribution in [-0.2, 0) is 17.8 Å². The van der Waals surface area contributed by atoms with Crippen LogP contribution in [0.2, 0.25) is 0 Å². The van der Waals surface area contributed by atoms with Crippen molar-refractivity contribution < 1.29 is 13.9 Å². The van der Waals surface area contributed by atoms with Gasteiger partial charge in [-0.05, 0) is 57.2 Å². The van der Waals surface area contributed by atoms with Crippen LogP contribution in [0.5, 0.6) is 5.75 Å². The molecule has 0 radical (unpaired) electrons. The van der Waals surface area contributed by atoms with Gasteiger partial charge in [-0.25, -0.2) is 0 Å². The third kappa shape index (κ3) is 5.25. The number of ether oxygens (including phenoxy) is 1. The van der Waals surface area contributed by atoms with E-state index < -0.39 is 0 Å². The van der Waals surface area contributed by atoms with Gasteiger partial charge in [-0.3, -0.25) is 4.79 Å². The van der Waals surface area contributed by atoms with Crippen LogP contribution in [0.15, 0.2) is 33.9 Å². The predicted octanol–water partition coefficient (Wildman–Crippen LogP) is 4.09. The van der Waals surface area contributed by atoms with E-state index in [-0.39, 0.29) is 12.5 Å².